The standard InChI is InChI=1S/C26H34N4O3S2.ClH/c1-18-10-12-29(13-11-18)35(32,33)22-8-6-21(7-9-22)25(31)30(15-14-28(4)5)26-27-23-17-19(2)16-20(3)24(23)34-26;/h6-9,16-18H,10-15H2,1-5H3;1H. The predicted molar refractivity (Wildman–Crippen MR) is 150 cm³/mol. The smallest absolute Gasteiger partial charge is 0.260 e. The molecule has 4 rings (SSSR count). The molecule has 0 atom stereocenters. The fraction of sp³-hybridized carbons (Fsp3) is 0.462. The van der Waals surface area contributed by atoms with Crippen LogP contribution in [0.25, 0.3) is 10.2 Å². The van der Waals surface area contributed by atoms with Crippen molar-refractivity contribution in [2.45, 2.75) is 38.5 Å². The van der Waals surface area contributed by atoms with Crippen molar-refractivity contribution < 1.29 is 13.2 Å². The van der Waals surface area contributed by atoms with Crippen LogP contribution in [-0.4, -0.2) is 68.8 Å². The minimum Gasteiger partial charge on any atom is -0.308 e. The summed E-state index contributed by atoms with van der Waals surface area (Å²) in [5.41, 5.74) is 3.62. The van der Waals surface area contributed by atoms with Crippen molar-refractivity contribution in [3.8, 4) is 0 Å². The van der Waals surface area contributed by atoms with E-state index in [0.717, 1.165) is 34.2 Å². The van der Waals surface area contributed by atoms with Gasteiger partial charge in [0.05, 0.1) is 15.1 Å². The van der Waals surface area contributed by atoms with Gasteiger partial charge in [-0.1, -0.05) is 24.3 Å². The number of hydrogen-bond donors (Lipinski definition) is 0. The predicted octanol–water partition coefficient (Wildman–Crippen LogP) is 4.96. The summed E-state index contributed by atoms with van der Waals surface area (Å²) < 4.78 is 28.8. The van der Waals surface area contributed by atoms with E-state index in [-0.39, 0.29) is 23.2 Å². The van der Waals surface area contributed by atoms with Crippen LogP contribution in [0.15, 0.2) is 41.3 Å². The van der Waals surface area contributed by atoms with Crippen molar-refractivity contribution in [1.29, 1.82) is 0 Å². The van der Waals surface area contributed by atoms with Crippen molar-refractivity contribution in [1.82, 2.24) is 14.2 Å². The SMILES string of the molecule is Cc1cc(C)c2sc(N(CCN(C)C)C(=O)c3ccc(S(=O)(=O)N4CCC(C)CC4)cc3)nc2c1.Cl. The number of nitrogens with zero attached hydrogens (tertiary/aromatic N) is 4. The average molecular weight is 551 g/mol. The Kier molecular flexibility index (Phi) is 9.16. The Balaban J connectivity index is 0.00000361. The van der Waals surface area contributed by atoms with E-state index in [0.29, 0.717) is 42.8 Å². The molecule has 2 heterocycles. The third-order valence-corrected chi connectivity index (χ3v) is 9.68. The Morgan fingerprint density at radius 1 is 1.08 bits per heavy atom. The van der Waals surface area contributed by atoms with Gasteiger partial charge in [0.25, 0.3) is 5.91 Å². The Bertz CT molecular complexity index is 1310. The van der Waals surface area contributed by atoms with Gasteiger partial charge in [-0.05, 0) is 88.2 Å². The molecular weight excluding hydrogens is 516 g/mol. The van der Waals surface area contributed by atoms with Gasteiger partial charge in [-0.25, -0.2) is 13.4 Å². The monoisotopic (exact) mass is 550 g/mol. The molecule has 1 saturated heterocycles. The Morgan fingerprint density at radius 3 is 2.33 bits per heavy atom. The maximum absolute atomic E-state index is 13.6. The lowest BCUT2D eigenvalue weighted by atomic mass is 10.0. The molecule has 10 heteroatoms. The number of sulfonamides is 1. The minimum atomic E-state index is -3.56. The van der Waals surface area contributed by atoms with E-state index in [1.165, 1.54) is 11.3 Å². The van der Waals surface area contributed by atoms with Gasteiger partial charge in [0.1, 0.15) is 0 Å². The van der Waals surface area contributed by atoms with E-state index < -0.39 is 10.0 Å². The lowest BCUT2D eigenvalue weighted by molar-refractivity contribution is 0.0985. The van der Waals surface area contributed by atoms with Crippen LogP contribution in [0.3, 0.4) is 0 Å². The molecule has 2 aromatic carbocycles. The molecule has 3 aromatic rings. The van der Waals surface area contributed by atoms with E-state index in [1.807, 2.05) is 32.0 Å². The summed E-state index contributed by atoms with van der Waals surface area (Å²) in [6.07, 6.45) is 1.75. The highest BCUT2D eigenvalue weighted by molar-refractivity contribution is 7.89. The Morgan fingerprint density at radius 2 is 1.72 bits per heavy atom. The molecule has 1 aliphatic rings. The van der Waals surface area contributed by atoms with Crippen LogP contribution in [0.2, 0.25) is 0 Å². The number of hydrogen-bond acceptors (Lipinski definition) is 6. The largest absolute Gasteiger partial charge is 0.308 e. The number of rotatable bonds is 7. The van der Waals surface area contributed by atoms with Crippen molar-refractivity contribution in [2.24, 2.45) is 5.92 Å². The van der Waals surface area contributed by atoms with Gasteiger partial charge < -0.3 is 4.90 Å². The highest BCUT2D eigenvalue weighted by Crippen LogP contribution is 2.33. The van der Waals surface area contributed by atoms with Crippen LogP contribution in [0.5, 0.6) is 0 Å². The van der Waals surface area contributed by atoms with Crippen molar-refractivity contribution >= 4 is 55.0 Å². The first-order valence-electron chi connectivity index (χ1n) is 12.0. The van der Waals surface area contributed by atoms with E-state index in [4.69, 9.17) is 4.98 Å². The second-order valence-corrected chi connectivity index (χ2v) is 12.7. The number of piperidine rings is 1. The summed E-state index contributed by atoms with van der Waals surface area (Å²) in [4.78, 5) is 22.3. The number of anilines is 1. The fourth-order valence-electron chi connectivity index (χ4n) is 4.36. The molecule has 0 unspecified atom stereocenters. The summed E-state index contributed by atoms with van der Waals surface area (Å²) >= 11 is 1.51. The van der Waals surface area contributed by atoms with Gasteiger partial charge in [-0.3, -0.25) is 9.69 Å². The number of thiazole rings is 1. The third-order valence-electron chi connectivity index (χ3n) is 6.54. The second-order valence-electron chi connectivity index (χ2n) is 9.80. The highest BCUT2D eigenvalue weighted by Gasteiger charge is 2.29. The lowest BCUT2D eigenvalue weighted by Gasteiger charge is -2.29. The van der Waals surface area contributed by atoms with E-state index in [1.54, 1.807) is 33.5 Å². The van der Waals surface area contributed by atoms with Crippen LogP contribution in [0.4, 0.5) is 5.13 Å². The van der Waals surface area contributed by atoms with Gasteiger partial charge in [-0.2, -0.15) is 4.31 Å². The summed E-state index contributed by atoms with van der Waals surface area (Å²) in [6, 6.07) is 10.5. The number of aryl methyl sites for hydroxylation is 2. The molecule has 1 aromatic heterocycles. The second kappa shape index (κ2) is 11.6. The zero-order valence-corrected chi connectivity index (χ0v) is 24.0. The number of halogens is 1. The molecule has 1 fully saturated rings. The summed E-state index contributed by atoms with van der Waals surface area (Å²) in [5.74, 6) is 0.362. The Hall–Kier alpha value is -2.04. The summed E-state index contributed by atoms with van der Waals surface area (Å²) in [6.45, 7) is 8.50. The molecule has 0 aliphatic carbocycles. The number of likely N-dealkylation sites (N-methyl/N-ethyl adjacent to an activating group) is 1. The molecule has 0 radical (unpaired) electrons. The molecular formula is C26H35ClN4O3S2. The normalized spacial score (nSPS) is 15.3. The van der Waals surface area contributed by atoms with E-state index in [2.05, 4.69) is 19.9 Å². The number of aromatic nitrogens is 1. The first kappa shape index (κ1) is 28.5. The molecule has 7 nitrogen and oxygen atoms in total. The minimum absolute atomic E-state index is 0. The molecule has 36 heavy (non-hydrogen) atoms. The van der Waals surface area contributed by atoms with Crippen molar-refractivity contribution in [3.05, 3.63) is 53.1 Å². The van der Waals surface area contributed by atoms with Gasteiger partial charge in [0.15, 0.2) is 5.13 Å². The number of amides is 1. The average Bonchev–Trinajstić information content (AvgIpc) is 3.23. The topological polar surface area (TPSA) is 73.8 Å². The van der Waals surface area contributed by atoms with Gasteiger partial charge in [-0.15, -0.1) is 12.4 Å². The fourth-order valence-corrected chi connectivity index (χ4v) is 6.87. The maximum atomic E-state index is 13.6. The van der Waals surface area contributed by atoms with E-state index >= 15 is 0 Å². The van der Waals surface area contributed by atoms with Gasteiger partial charge in [0, 0.05) is 31.7 Å². The summed E-state index contributed by atoms with van der Waals surface area (Å²) in [7, 11) is 0.379. The van der Waals surface area contributed by atoms with Crippen molar-refractivity contribution in [2.75, 3.05) is 45.2 Å². The highest BCUT2D eigenvalue weighted by atomic mass is 35.5. The zero-order valence-electron chi connectivity index (χ0n) is 21.5. The molecule has 0 N–H and O–H groups in total. The summed E-state index contributed by atoms with van der Waals surface area (Å²) in [5, 5.41) is 0.652. The van der Waals surface area contributed by atoms with Gasteiger partial charge >= 0.3 is 0 Å². The van der Waals surface area contributed by atoms with Crippen molar-refractivity contribution in [3.63, 3.8) is 0 Å². The third kappa shape index (κ3) is 6.08. The first-order chi connectivity index (χ1) is 16.6. The van der Waals surface area contributed by atoms with Crippen LogP contribution < -0.4 is 4.90 Å². The zero-order chi connectivity index (χ0) is 25.3. The quantitative estimate of drug-likeness (QED) is 0.415. The number of fused-ring (bicyclic) bond motifs is 1. The van der Waals surface area contributed by atoms with Crippen LogP contribution >= 0.6 is 23.7 Å². The molecule has 0 spiro atoms. The van der Waals surface area contributed by atoms with E-state index in [9.17, 15) is 13.2 Å². The number of carbonyl (C=O) groups excluding carboxylic acids is 1. The van der Waals surface area contributed by atoms with Crippen LogP contribution in [0.1, 0.15) is 41.3 Å². The first-order valence-corrected chi connectivity index (χ1v) is 14.3. The van der Waals surface area contributed by atoms with Crippen LogP contribution in [-0.2, 0) is 10.0 Å². The number of benzene rings is 2. The Labute approximate surface area is 224 Å². The number of carbonyl (C=O) groups is 1. The molecule has 196 valence electrons. The molecule has 1 amide bonds. The maximum Gasteiger partial charge on any atom is 0.260 e. The lowest BCUT2D eigenvalue weighted by Crippen LogP contribution is -2.38. The molecule has 0 bridgehead atoms. The van der Waals surface area contributed by atoms with Crippen LogP contribution in [0, 0.1) is 19.8 Å². The molecule has 0 saturated carbocycles. The van der Waals surface area contributed by atoms with Gasteiger partial charge in [0.2, 0.25) is 10.0 Å². The molecule has 1 aliphatic heterocycles.